The molecule has 1 aromatic rings. The van der Waals surface area contributed by atoms with Crippen molar-refractivity contribution in [2.45, 2.75) is 26.2 Å². The molecule has 5 heteroatoms. The number of carbonyl (C=O) groups excluding carboxylic acids is 1. The second-order valence-electron chi connectivity index (χ2n) is 4.45. The molecule has 0 aliphatic carbocycles. The number of hydrogen-bond donors (Lipinski definition) is 1. The van der Waals surface area contributed by atoms with Crippen molar-refractivity contribution in [3.8, 4) is 0 Å². The average molecular weight is 223 g/mol. The summed E-state index contributed by atoms with van der Waals surface area (Å²) in [5.41, 5.74) is 0.657. The molecule has 1 heterocycles. The van der Waals surface area contributed by atoms with E-state index in [1.54, 1.807) is 7.05 Å². The zero-order valence-electron chi connectivity index (χ0n) is 10.3. The minimum atomic E-state index is -0.525. The summed E-state index contributed by atoms with van der Waals surface area (Å²) >= 11 is 0. The van der Waals surface area contributed by atoms with Crippen molar-refractivity contribution in [2.24, 2.45) is 0 Å². The molecule has 1 aromatic heterocycles. The van der Waals surface area contributed by atoms with Gasteiger partial charge in [-0.2, -0.15) is 0 Å². The summed E-state index contributed by atoms with van der Waals surface area (Å²) in [7, 11) is 3.06. The Kier molecular flexibility index (Phi) is 3.47. The molecule has 0 unspecified atom stereocenters. The van der Waals surface area contributed by atoms with E-state index >= 15 is 0 Å². The van der Waals surface area contributed by atoms with Crippen molar-refractivity contribution < 1.29 is 9.53 Å². The molecule has 0 fully saturated rings. The second-order valence-corrected chi connectivity index (χ2v) is 4.45. The number of carbonyl (C=O) groups is 1. The summed E-state index contributed by atoms with van der Waals surface area (Å²) in [5, 5.41) is 2.90. The van der Waals surface area contributed by atoms with Gasteiger partial charge in [0.05, 0.1) is 12.8 Å². The normalized spacial score (nSPS) is 11.1. The number of rotatable bonds is 2. The first-order valence-electron chi connectivity index (χ1n) is 5.04. The molecule has 0 spiro atoms. The van der Waals surface area contributed by atoms with Gasteiger partial charge < -0.3 is 10.1 Å². The number of aromatic nitrogens is 2. The Balaban J connectivity index is 3.27. The summed E-state index contributed by atoms with van der Waals surface area (Å²) in [4.78, 5) is 19.6. The van der Waals surface area contributed by atoms with Crippen molar-refractivity contribution >= 4 is 11.8 Å². The van der Waals surface area contributed by atoms with Gasteiger partial charge >= 0.3 is 5.97 Å². The molecule has 1 N–H and O–H groups in total. The van der Waals surface area contributed by atoms with Gasteiger partial charge in [-0.15, -0.1) is 0 Å². The maximum absolute atomic E-state index is 11.4. The van der Waals surface area contributed by atoms with Crippen LogP contribution in [0, 0.1) is 0 Å². The molecule has 1 rings (SSSR count). The van der Waals surface area contributed by atoms with E-state index in [9.17, 15) is 4.79 Å². The van der Waals surface area contributed by atoms with E-state index in [2.05, 4.69) is 20.0 Å². The summed E-state index contributed by atoms with van der Waals surface area (Å²) in [5.74, 6) is 0.169. The quantitative estimate of drug-likeness (QED) is 0.771. The van der Waals surface area contributed by atoms with E-state index < -0.39 is 5.97 Å². The van der Waals surface area contributed by atoms with Crippen LogP contribution in [0.1, 0.15) is 37.1 Å². The standard InChI is InChI=1S/C11H17N3O2/c1-11(2,3)7-6-8(12-4)14-9(13-7)10(15)16-5/h6H,1-5H3,(H,12,13,14). The van der Waals surface area contributed by atoms with Gasteiger partial charge in [0, 0.05) is 18.5 Å². The smallest absolute Gasteiger partial charge is 0.376 e. The number of anilines is 1. The molecule has 0 aromatic carbocycles. The highest BCUT2D eigenvalue weighted by molar-refractivity contribution is 5.85. The number of nitrogens with zero attached hydrogens (tertiary/aromatic N) is 2. The fourth-order valence-corrected chi connectivity index (χ4v) is 1.14. The Morgan fingerprint density at radius 3 is 2.44 bits per heavy atom. The lowest BCUT2D eigenvalue weighted by atomic mass is 9.92. The Bertz CT molecular complexity index is 397. The highest BCUT2D eigenvalue weighted by Gasteiger charge is 2.20. The highest BCUT2D eigenvalue weighted by Crippen LogP contribution is 2.22. The van der Waals surface area contributed by atoms with E-state index in [1.165, 1.54) is 7.11 Å². The second kappa shape index (κ2) is 4.47. The largest absolute Gasteiger partial charge is 0.463 e. The number of nitrogens with one attached hydrogen (secondary N) is 1. The van der Waals surface area contributed by atoms with Crippen molar-refractivity contribution in [3.63, 3.8) is 0 Å². The first-order chi connectivity index (χ1) is 7.38. The van der Waals surface area contributed by atoms with E-state index in [1.807, 2.05) is 26.8 Å². The Morgan fingerprint density at radius 2 is 2.00 bits per heavy atom. The fourth-order valence-electron chi connectivity index (χ4n) is 1.14. The zero-order chi connectivity index (χ0) is 12.3. The monoisotopic (exact) mass is 223 g/mol. The van der Waals surface area contributed by atoms with Gasteiger partial charge in [-0.3, -0.25) is 0 Å². The van der Waals surface area contributed by atoms with Crippen LogP contribution in [0.4, 0.5) is 5.82 Å². The van der Waals surface area contributed by atoms with E-state index in [-0.39, 0.29) is 11.2 Å². The molecule has 16 heavy (non-hydrogen) atoms. The third-order valence-corrected chi connectivity index (χ3v) is 2.12. The Labute approximate surface area is 95.3 Å². The van der Waals surface area contributed by atoms with Crippen LogP contribution in [0.25, 0.3) is 0 Å². The fraction of sp³-hybridized carbons (Fsp3) is 0.545. The first-order valence-corrected chi connectivity index (χ1v) is 5.04. The molecule has 0 atom stereocenters. The van der Waals surface area contributed by atoms with Crippen LogP contribution in [0.5, 0.6) is 0 Å². The number of ether oxygens (including phenoxy) is 1. The summed E-state index contributed by atoms with van der Waals surface area (Å²) in [6, 6.07) is 1.83. The summed E-state index contributed by atoms with van der Waals surface area (Å²) in [6.45, 7) is 6.07. The number of hydrogen-bond acceptors (Lipinski definition) is 5. The van der Waals surface area contributed by atoms with Gasteiger partial charge in [0.15, 0.2) is 0 Å². The van der Waals surface area contributed by atoms with E-state index in [4.69, 9.17) is 0 Å². The van der Waals surface area contributed by atoms with Crippen LogP contribution in [0.2, 0.25) is 0 Å². The molecular weight excluding hydrogens is 206 g/mol. The molecule has 0 saturated heterocycles. The van der Waals surface area contributed by atoms with Gasteiger partial charge in [-0.1, -0.05) is 20.8 Å². The van der Waals surface area contributed by atoms with Gasteiger partial charge in [0.25, 0.3) is 0 Å². The number of methoxy groups -OCH3 is 1. The van der Waals surface area contributed by atoms with Gasteiger partial charge in [-0.25, -0.2) is 14.8 Å². The minimum absolute atomic E-state index is 0.0827. The maximum atomic E-state index is 11.4. The predicted octanol–water partition coefficient (Wildman–Crippen LogP) is 1.60. The molecule has 0 amide bonds. The first kappa shape index (κ1) is 12.4. The lowest BCUT2D eigenvalue weighted by Gasteiger charge is -2.18. The summed E-state index contributed by atoms with van der Waals surface area (Å²) < 4.78 is 4.61. The highest BCUT2D eigenvalue weighted by atomic mass is 16.5. The minimum Gasteiger partial charge on any atom is -0.463 e. The molecule has 5 nitrogen and oxygen atoms in total. The molecule has 0 saturated carbocycles. The number of esters is 1. The molecule has 0 bridgehead atoms. The molecule has 0 radical (unpaired) electrons. The zero-order valence-corrected chi connectivity index (χ0v) is 10.3. The molecular formula is C11H17N3O2. The van der Waals surface area contributed by atoms with Crippen LogP contribution in [0.3, 0.4) is 0 Å². The maximum Gasteiger partial charge on any atom is 0.376 e. The van der Waals surface area contributed by atoms with Gasteiger partial charge in [0.1, 0.15) is 5.82 Å². The van der Waals surface area contributed by atoms with Crippen LogP contribution in [-0.2, 0) is 10.2 Å². The molecule has 0 aliphatic rings. The average Bonchev–Trinajstić information content (AvgIpc) is 2.26. The summed E-state index contributed by atoms with van der Waals surface area (Å²) in [6.07, 6.45) is 0. The van der Waals surface area contributed by atoms with Crippen molar-refractivity contribution in [1.82, 2.24) is 9.97 Å². The Morgan fingerprint density at radius 1 is 1.38 bits per heavy atom. The topological polar surface area (TPSA) is 64.1 Å². The lowest BCUT2D eigenvalue weighted by molar-refractivity contribution is 0.0586. The van der Waals surface area contributed by atoms with Crippen molar-refractivity contribution in [2.75, 3.05) is 19.5 Å². The third-order valence-electron chi connectivity index (χ3n) is 2.12. The van der Waals surface area contributed by atoms with Crippen LogP contribution in [-0.4, -0.2) is 30.1 Å². The van der Waals surface area contributed by atoms with Crippen molar-refractivity contribution in [3.05, 3.63) is 17.6 Å². The van der Waals surface area contributed by atoms with Crippen LogP contribution >= 0.6 is 0 Å². The van der Waals surface area contributed by atoms with Crippen molar-refractivity contribution in [1.29, 1.82) is 0 Å². The Hall–Kier alpha value is -1.65. The molecule has 0 aliphatic heterocycles. The SMILES string of the molecule is CNc1cc(C(C)(C)C)nc(C(=O)OC)n1. The lowest BCUT2D eigenvalue weighted by Crippen LogP contribution is -2.18. The van der Waals surface area contributed by atoms with Gasteiger partial charge in [0.2, 0.25) is 5.82 Å². The van der Waals surface area contributed by atoms with Gasteiger partial charge in [-0.05, 0) is 0 Å². The predicted molar refractivity (Wildman–Crippen MR) is 61.6 cm³/mol. The van der Waals surface area contributed by atoms with Crippen LogP contribution < -0.4 is 5.32 Å². The molecule has 88 valence electrons. The van der Waals surface area contributed by atoms with Crippen LogP contribution in [0.15, 0.2) is 6.07 Å². The van der Waals surface area contributed by atoms with E-state index in [0.717, 1.165) is 5.69 Å². The van der Waals surface area contributed by atoms with E-state index in [0.29, 0.717) is 5.82 Å². The third kappa shape index (κ3) is 2.68.